The molecule has 2 rings (SSSR count). The highest BCUT2D eigenvalue weighted by Crippen LogP contribution is 2.47. The van der Waals surface area contributed by atoms with Gasteiger partial charge in [0.05, 0.1) is 33.7 Å². The second-order valence-corrected chi connectivity index (χ2v) is 6.98. The lowest BCUT2D eigenvalue weighted by atomic mass is 10.3. The fourth-order valence-electron chi connectivity index (χ4n) is 1.73. The molecule has 0 atom stereocenters. The maximum absolute atomic E-state index is 12.6. The molecule has 0 spiro atoms. The molecule has 0 fully saturated rings. The first-order valence-corrected chi connectivity index (χ1v) is 8.22. The van der Waals surface area contributed by atoms with Gasteiger partial charge < -0.3 is 9.05 Å². The molecule has 0 saturated carbocycles. The van der Waals surface area contributed by atoms with Gasteiger partial charge in [-0.3, -0.25) is 4.57 Å². The smallest absolute Gasteiger partial charge is 0.305 e. The van der Waals surface area contributed by atoms with Crippen LogP contribution in [0.2, 0.25) is 0 Å². The molecule has 0 aliphatic carbocycles. The zero-order valence-corrected chi connectivity index (χ0v) is 12.4. The van der Waals surface area contributed by atoms with Gasteiger partial charge in [-0.2, -0.15) is 0 Å². The van der Waals surface area contributed by atoms with Crippen LogP contribution in [-0.2, 0) is 13.6 Å². The molecule has 0 amide bonds. The number of hydrogen-bond acceptors (Lipinski definition) is 5. The van der Waals surface area contributed by atoms with Crippen molar-refractivity contribution < 1.29 is 13.6 Å². The molecule has 2 aromatic rings. The van der Waals surface area contributed by atoms with E-state index in [4.69, 9.17) is 9.05 Å². The maximum atomic E-state index is 12.6. The zero-order chi connectivity index (χ0) is 13.2. The van der Waals surface area contributed by atoms with Crippen molar-refractivity contribution in [3.8, 4) is 0 Å². The summed E-state index contributed by atoms with van der Waals surface area (Å²) in [5, 5.41) is 1.59. The molecule has 0 unspecified atom stereocenters. The summed E-state index contributed by atoms with van der Waals surface area (Å²) in [6, 6.07) is 5.48. The zero-order valence-electron chi connectivity index (χ0n) is 10.7. The van der Waals surface area contributed by atoms with Crippen molar-refractivity contribution in [1.82, 2.24) is 4.98 Å². The molecule has 0 aliphatic heterocycles. The van der Waals surface area contributed by atoms with Gasteiger partial charge >= 0.3 is 7.60 Å². The molecule has 4 nitrogen and oxygen atoms in total. The fourth-order valence-corrected chi connectivity index (χ4v) is 4.28. The molecule has 0 radical (unpaired) electrons. The van der Waals surface area contributed by atoms with E-state index < -0.39 is 7.60 Å². The van der Waals surface area contributed by atoms with Gasteiger partial charge in [0.25, 0.3) is 0 Å². The van der Waals surface area contributed by atoms with E-state index in [1.165, 1.54) is 0 Å². The fraction of sp³-hybridized carbons (Fsp3) is 0.417. The minimum atomic E-state index is -3.19. The summed E-state index contributed by atoms with van der Waals surface area (Å²) < 4.78 is 24.3. The Balaban J connectivity index is 2.47. The van der Waals surface area contributed by atoms with Gasteiger partial charge in [-0.05, 0) is 39.0 Å². The molecule has 0 N–H and O–H groups in total. The number of nitrogens with zero attached hydrogens (tertiary/aromatic N) is 1. The van der Waals surface area contributed by atoms with E-state index in [9.17, 15) is 4.57 Å². The molecule has 1 heterocycles. The number of rotatable bonds is 5. The van der Waals surface area contributed by atoms with Crippen LogP contribution in [0, 0.1) is 6.92 Å². The SMILES string of the molecule is CCOP(=O)(OCC)c1ccc2nc(C)sc2c1. The number of thiazole rings is 1. The van der Waals surface area contributed by atoms with Crippen LogP contribution in [-0.4, -0.2) is 18.2 Å². The molecule has 1 aromatic heterocycles. The molecule has 1 aromatic carbocycles. The van der Waals surface area contributed by atoms with Crippen molar-refractivity contribution in [2.75, 3.05) is 13.2 Å². The highest BCUT2D eigenvalue weighted by atomic mass is 32.1. The predicted molar refractivity (Wildman–Crippen MR) is 74.8 cm³/mol. The van der Waals surface area contributed by atoms with Gasteiger partial charge in [0.2, 0.25) is 0 Å². The lowest BCUT2D eigenvalue weighted by Gasteiger charge is -2.16. The second-order valence-electron chi connectivity index (χ2n) is 3.72. The van der Waals surface area contributed by atoms with Gasteiger partial charge in [0.1, 0.15) is 0 Å². The predicted octanol–water partition coefficient (Wildman–Crippen LogP) is 3.50. The normalized spacial score (nSPS) is 12.2. The number of aromatic nitrogens is 1. The molecule has 6 heteroatoms. The van der Waals surface area contributed by atoms with E-state index in [1.54, 1.807) is 31.3 Å². The second kappa shape index (κ2) is 5.49. The van der Waals surface area contributed by atoms with Crippen LogP contribution in [0.3, 0.4) is 0 Å². The first-order valence-electron chi connectivity index (χ1n) is 5.86. The Bertz CT molecular complexity index is 586. The Labute approximate surface area is 110 Å². The molecule has 98 valence electrons. The van der Waals surface area contributed by atoms with Crippen LogP contribution in [0.15, 0.2) is 18.2 Å². The highest BCUT2D eigenvalue weighted by molar-refractivity contribution is 7.62. The minimum absolute atomic E-state index is 0.358. The van der Waals surface area contributed by atoms with E-state index in [1.807, 2.05) is 19.1 Å². The summed E-state index contributed by atoms with van der Waals surface area (Å²) in [4.78, 5) is 4.38. The molecular formula is C12H16NO3PS. The van der Waals surface area contributed by atoms with Crippen LogP contribution in [0.4, 0.5) is 0 Å². The average molecular weight is 285 g/mol. The van der Waals surface area contributed by atoms with Gasteiger partial charge in [-0.15, -0.1) is 11.3 Å². The van der Waals surface area contributed by atoms with Crippen molar-refractivity contribution in [1.29, 1.82) is 0 Å². The molecular weight excluding hydrogens is 269 g/mol. The summed E-state index contributed by atoms with van der Waals surface area (Å²) in [6.07, 6.45) is 0. The van der Waals surface area contributed by atoms with Crippen LogP contribution in [0.1, 0.15) is 18.9 Å². The number of aryl methyl sites for hydroxylation is 1. The van der Waals surface area contributed by atoms with E-state index in [0.29, 0.717) is 18.5 Å². The first kappa shape index (κ1) is 13.7. The summed E-state index contributed by atoms with van der Waals surface area (Å²) in [6.45, 7) is 6.28. The Morgan fingerprint density at radius 2 is 1.94 bits per heavy atom. The van der Waals surface area contributed by atoms with Crippen molar-refractivity contribution >= 4 is 34.5 Å². The summed E-state index contributed by atoms with van der Waals surface area (Å²) in [5.74, 6) is 0. The average Bonchev–Trinajstić information content (AvgIpc) is 2.68. The van der Waals surface area contributed by atoms with E-state index in [-0.39, 0.29) is 0 Å². The summed E-state index contributed by atoms with van der Waals surface area (Å²) in [7, 11) is -3.19. The monoisotopic (exact) mass is 285 g/mol. The summed E-state index contributed by atoms with van der Waals surface area (Å²) >= 11 is 1.58. The van der Waals surface area contributed by atoms with Crippen LogP contribution < -0.4 is 5.30 Å². The minimum Gasteiger partial charge on any atom is -0.305 e. The van der Waals surface area contributed by atoms with Crippen molar-refractivity contribution in [2.24, 2.45) is 0 Å². The van der Waals surface area contributed by atoms with Crippen LogP contribution in [0.25, 0.3) is 10.2 Å². The molecule has 0 saturated heterocycles. The third-order valence-electron chi connectivity index (χ3n) is 2.39. The summed E-state index contributed by atoms with van der Waals surface area (Å²) in [5.41, 5.74) is 0.917. The van der Waals surface area contributed by atoms with Gasteiger partial charge in [-0.1, -0.05) is 0 Å². The van der Waals surface area contributed by atoms with Gasteiger partial charge in [0, 0.05) is 0 Å². The number of hydrogen-bond donors (Lipinski definition) is 0. The van der Waals surface area contributed by atoms with E-state index in [0.717, 1.165) is 15.2 Å². The molecule has 18 heavy (non-hydrogen) atoms. The van der Waals surface area contributed by atoms with Gasteiger partial charge in [-0.25, -0.2) is 4.98 Å². The number of fused-ring (bicyclic) bond motifs is 1. The topological polar surface area (TPSA) is 48.4 Å². The van der Waals surface area contributed by atoms with E-state index in [2.05, 4.69) is 4.98 Å². The Morgan fingerprint density at radius 3 is 2.56 bits per heavy atom. The lowest BCUT2D eigenvalue weighted by molar-refractivity contribution is 0.230. The van der Waals surface area contributed by atoms with Gasteiger partial charge in [0.15, 0.2) is 0 Å². The molecule has 0 aliphatic rings. The van der Waals surface area contributed by atoms with Crippen LogP contribution >= 0.6 is 18.9 Å². The Morgan fingerprint density at radius 1 is 1.28 bits per heavy atom. The van der Waals surface area contributed by atoms with Crippen molar-refractivity contribution in [3.05, 3.63) is 23.2 Å². The highest BCUT2D eigenvalue weighted by Gasteiger charge is 2.27. The lowest BCUT2D eigenvalue weighted by Crippen LogP contribution is -2.10. The Hall–Kier alpha value is -0.740. The van der Waals surface area contributed by atoms with Crippen molar-refractivity contribution in [2.45, 2.75) is 20.8 Å². The van der Waals surface area contributed by atoms with E-state index >= 15 is 0 Å². The maximum Gasteiger partial charge on any atom is 0.361 e. The largest absolute Gasteiger partial charge is 0.361 e. The molecule has 0 bridgehead atoms. The van der Waals surface area contributed by atoms with Crippen molar-refractivity contribution in [3.63, 3.8) is 0 Å². The van der Waals surface area contributed by atoms with Crippen LogP contribution in [0.5, 0.6) is 0 Å². The quantitative estimate of drug-likeness (QED) is 0.789. The third kappa shape index (κ3) is 2.64. The first-order chi connectivity index (χ1) is 8.59. The number of benzene rings is 1. The standard InChI is InChI=1S/C12H16NO3PS/c1-4-15-17(14,16-5-2)10-6-7-11-12(8-10)18-9(3)13-11/h6-8H,4-5H2,1-3H3. The third-order valence-corrected chi connectivity index (χ3v) is 5.43. The Kier molecular flexibility index (Phi) is 4.17.